The molecule has 0 saturated carbocycles. The summed E-state index contributed by atoms with van der Waals surface area (Å²) < 4.78 is 1.69. The van der Waals surface area contributed by atoms with Crippen LogP contribution in [0.4, 0.5) is 5.69 Å². The van der Waals surface area contributed by atoms with E-state index < -0.39 is 4.92 Å². The second-order valence-corrected chi connectivity index (χ2v) is 4.82. The van der Waals surface area contributed by atoms with Crippen LogP contribution in [0, 0.1) is 10.1 Å². The predicted molar refractivity (Wildman–Crippen MR) is 77.4 cm³/mol. The molecule has 1 heterocycles. The molecule has 1 aromatic heterocycles. The summed E-state index contributed by atoms with van der Waals surface area (Å²) in [4.78, 5) is 22.0. The molecule has 0 aliphatic rings. The second kappa shape index (κ2) is 6.36. The molecule has 0 unspecified atom stereocenters. The molecule has 0 spiro atoms. The maximum atomic E-state index is 11.9. The number of nitrogens with zero attached hydrogens (tertiary/aromatic N) is 3. The Balaban J connectivity index is 1.94. The first-order chi connectivity index (χ1) is 9.97. The number of benzene rings is 1. The van der Waals surface area contributed by atoms with Crippen molar-refractivity contribution in [1.82, 2.24) is 15.1 Å². The van der Waals surface area contributed by atoms with Crippen LogP contribution in [-0.2, 0) is 13.5 Å². The third kappa shape index (κ3) is 3.79. The largest absolute Gasteiger partial charge is 0.352 e. The Morgan fingerprint density at radius 3 is 2.81 bits per heavy atom. The molecule has 0 radical (unpaired) electrons. The predicted octanol–water partition coefficient (Wildman–Crippen LogP) is 1.95. The first-order valence-corrected chi connectivity index (χ1v) is 6.56. The molecule has 2 rings (SSSR count). The number of hydrogen-bond donors (Lipinski definition) is 1. The number of nitrogens with one attached hydrogen (secondary N) is 1. The van der Waals surface area contributed by atoms with E-state index in [1.807, 2.05) is 19.3 Å². The van der Waals surface area contributed by atoms with Gasteiger partial charge >= 0.3 is 0 Å². The van der Waals surface area contributed by atoms with Gasteiger partial charge < -0.3 is 5.32 Å². The number of aromatic nitrogens is 2. The van der Waals surface area contributed by atoms with Gasteiger partial charge in [-0.05, 0) is 18.2 Å². The molecule has 110 valence electrons. The van der Waals surface area contributed by atoms with Crippen LogP contribution in [0.5, 0.6) is 0 Å². The third-order valence-corrected chi connectivity index (χ3v) is 3.14. The van der Waals surface area contributed by atoms with Crippen molar-refractivity contribution in [2.24, 2.45) is 7.05 Å². The summed E-state index contributed by atoms with van der Waals surface area (Å²) in [7, 11) is 1.82. The fourth-order valence-electron chi connectivity index (χ4n) is 1.80. The van der Waals surface area contributed by atoms with Crippen molar-refractivity contribution >= 4 is 23.2 Å². The van der Waals surface area contributed by atoms with E-state index in [9.17, 15) is 14.9 Å². The summed E-state index contributed by atoms with van der Waals surface area (Å²) in [5, 5.41) is 17.5. The first kappa shape index (κ1) is 15.0. The van der Waals surface area contributed by atoms with Gasteiger partial charge in [0.2, 0.25) is 0 Å². The van der Waals surface area contributed by atoms with E-state index in [1.165, 1.54) is 18.2 Å². The minimum Gasteiger partial charge on any atom is -0.352 e. The van der Waals surface area contributed by atoms with Crippen molar-refractivity contribution < 1.29 is 9.72 Å². The highest BCUT2D eigenvalue weighted by atomic mass is 35.5. The maximum Gasteiger partial charge on any atom is 0.287 e. The van der Waals surface area contributed by atoms with Crippen LogP contribution in [-0.4, -0.2) is 27.2 Å². The summed E-state index contributed by atoms with van der Waals surface area (Å²) in [5.74, 6) is -0.331. The molecule has 0 atom stereocenters. The van der Waals surface area contributed by atoms with Crippen LogP contribution in [0.3, 0.4) is 0 Å². The summed E-state index contributed by atoms with van der Waals surface area (Å²) in [5.41, 5.74) is 0.938. The average molecular weight is 309 g/mol. The van der Waals surface area contributed by atoms with E-state index in [4.69, 9.17) is 11.6 Å². The third-order valence-electron chi connectivity index (χ3n) is 2.84. The van der Waals surface area contributed by atoms with E-state index in [2.05, 4.69) is 10.4 Å². The van der Waals surface area contributed by atoms with Crippen LogP contribution >= 0.6 is 11.6 Å². The Labute approximate surface area is 125 Å². The van der Waals surface area contributed by atoms with Crippen LogP contribution in [0.2, 0.25) is 5.02 Å². The van der Waals surface area contributed by atoms with Gasteiger partial charge in [-0.2, -0.15) is 5.10 Å². The normalized spacial score (nSPS) is 10.4. The summed E-state index contributed by atoms with van der Waals surface area (Å²) in [6.45, 7) is 0.421. The van der Waals surface area contributed by atoms with Crippen molar-refractivity contribution in [3.8, 4) is 0 Å². The number of rotatable bonds is 5. The average Bonchev–Trinajstić information content (AvgIpc) is 2.83. The molecular weight excluding hydrogens is 296 g/mol. The van der Waals surface area contributed by atoms with Gasteiger partial charge in [0.15, 0.2) is 0 Å². The fourth-order valence-corrected chi connectivity index (χ4v) is 2.05. The molecule has 0 saturated heterocycles. The van der Waals surface area contributed by atoms with Gasteiger partial charge in [-0.3, -0.25) is 19.6 Å². The Bertz CT molecular complexity index is 684. The summed E-state index contributed by atoms with van der Waals surface area (Å²) >= 11 is 5.77. The molecule has 0 aliphatic heterocycles. The van der Waals surface area contributed by atoms with Gasteiger partial charge in [0.25, 0.3) is 11.6 Å². The lowest BCUT2D eigenvalue weighted by Gasteiger charge is -2.04. The van der Waals surface area contributed by atoms with E-state index in [-0.39, 0.29) is 22.2 Å². The molecule has 0 bridgehead atoms. The highest BCUT2D eigenvalue weighted by molar-refractivity contribution is 6.33. The number of aryl methyl sites for hydroxylation is 1. The van der Waals surface area contributed by atoms with Crippen LogP contribution in [0.1, 0.15) is 16.1 Å². The number of carbonyl (C=O) groups is 1. The molecular formula is C13H13ClN4O3. The molecule has 1 aromatic carbocycles. The van der Waals surface area contributed by atoms with Crippen molar-refractivity contribution in [3.05, 3.63) is 56.9 Å². The van der Waals surface area contributed by atoms with E-state index in [0.717, 1.165) is 5.69 Å². The lowest BCUT2D eigenvalue weighted by atomic mass is 10.2. The minimum atomic E-state index is -0.592. The van der Waals surface area contributed by atoms with Gasteiger partial charge in [-0.1, -0.05) is 11.6 Å². The van der Waals surface area contributed by atoms with Crippen LogP contribution in [0.25, 0.3) is 0 Å². The first-order valence-electron chi connectivity index (χ1n) is 6.18. The standard InChI is InChI=1S/C13H13ClN4O3/c1-17-7-5-10(16-17)4-6-15-13(19)9-2-3-12(18(20)21)11(14)8-9/h2-3,5,7-8H,4,6H2,1H3,(H,15,19). The quantitative estimate of drug-likeness (QED) is 0.675. The smallest absolute Gasteiger partial charge is 0.287 e. The monoisotopic (exact) mass is 308 g/mol. The van der Waals surface area contributed by atoms with Gasteiger partial charge in [-0.15, -0.1) is 0 Å². The van der Waals surface area contributed by atoms with Gasteiger partial charge in [0, 0.05) is 37.8 Å². The topological polar surface area (TPSA) is 90.1 Å². The van der Waals surface area contributed by atoms with Gasteiger partial charge in [-0.25, -0.2) is 0 Å². The minimum absolute atomic E-state index is 0.0580. The number of nitro groups is 1. The second-order valence-electron chi connectivity index (χ2n) is 4.41. The zero-order valence-corrected chi connectivity index (χ0v) is 12.0. The molecule has 8 heteroatoms. The SMILES string of the molecule is Cn1ccc(CCNC(=O)c2ccc([N+](=O)[O-])c(Cl)c2)n1. The number of nitro benzene ring substituents is 1. The molecule has 1 N–H and O–H groups in total. The number of amides is 1. The van der Waals surface area contributed by atoms with Gasteiger partial charge in [0.05, 0.1) is 10.6 Å². The Kier molecular flexibility index (Phi) is 4.54. The zero-order chi connectivity index (χ0) is 15.4. The van der Waals surface area contributed by atoms with Crippen molar-refractivity contribution in [3.63, 3.8) is 0 Å². The molecule has 21 heavy (non-hydrogen) atoms. The molecule has 7 nitrogen and oxygen atoms in total. The van der Waals surface area contributed by atoms with Crippen LogP contribution in [0.15, 0.2) is 30.5 Å². The number of halogens is 1. The summed E-state index contributed by atoms with van der Waals surface area (Å²) in [6.07, 6.45) is 2.43. The van der Waals surface area contributed by atoms with Crippen molar-refractivity contribution in [2.75, 3.05) is 6.54 Å². The number of carbonyl (C=O) groups excluding carboxylic acids is 1. The Hall–Kier alpha value is -2.41. The van der Waals surface area contributed by atoms with E-state index in [0.29, 0.717) is 13.0 Å². The molecule has 0 aliphatic carbocycles. The highest BCUT2D eigenvalue weighted by Crippen LogP contribution is 2.24. The Morgan fingerprint density at radius 1 is 1.48 bits per heavy atom. The Morgan fingerprint density at radius 2 is 2.24 bits per heavy atom. The molecule has 1 amide bonds. The maximum absolute atomic E-state index is 11.9. The van der Waals surface area contributed by atoms with E-state index >= 15 is 0 Å². The lowest BCUT2D eigenvalue weighted by molar-refractivity contribution is -0.384. The fraction of sp³-hybridized carbons (Fsp3) is 0.231. The molecule has 2 aromatic rings. The van der Waals surface area contributed by atoms with Crippen LogP contribution < -0.4 is 5.32 Å². The number of hydrogen-bond acceptors (Lipinski definition) is 4. The summed E-state index contributed by atoms with van der Waals surface area (Å²) in [6, 6.07) is 5.75. The lowest BCUT2D eigenvalue weighted by Crippen LogP contribution is -2.25. The van der Waals surface area contributed by atoms with E-state index in [1.54, 1.807) is 4.68 Å². The van der Waals surface area contributed by atoms with Gasteiger partial charge in [0.1, 0.15) is 5.02 Å². The molecule has 0 fully saturated rings. The van der Waals surface area contributed by atoms with Crippen molar-refractivity contribution in [2.45, 2.75) is 6.42 Å². The van der Waals surface area contributed by atoms with Crippen molar-refractivity contribution in [1.29, 1.82) is 0 Å². The highest BCUT2D eigenvalue weighted by Gasteiger charge is 2.15. The zero-order valence-electron chi connectivity index (χ0n) is 11.2.